The summed E-state index contributed by atoms with van der Waals surface area (Å²) in [5.74, 6) is 0.00600. The van der Waals surface area contributed by atoms with Crippen molar-refractivity contribution in [3.63, 3.8) is 0 Å². The zero-order valence-corrected chi connectivity index (χ0v) is 14.0. The van der Waals surface area contributed by atoms with Crippen molar-refractivity contribution >= 4 is 27.5 Å². The second-order valence-corrected chi connectivity index (χ2v) is 6.73. The van der Waals surface area contributed by atoms with Crippen molar-refractivity contribution < 1.29 is 9.90 Å². The van der Waals surface area contributed by atoms with Crippen molar-refractivity contribution in [1.82, 2.24) is 14.9 Å². The molecule has 120 valence electrons. The highest BCUT2D eigenvalue weighted by Crippen LogP contribution is 2.26. The number of hydrogen-bond acceptors (Lipinski definition) is 5. The van der Waals surface area contributed by atoms with Crippen LogP contribution in [0.25, 0.3) is 10.2 Å². The van der Waals surface area contributed by atoms with Gasteiger partial charge in [0.2, 0.25) is 0 Å². The third-order valence-electron chi connectivity index (χ3n) is 3.78. The number of amides is 1. The Bertz CT molecular complexity index is 748. The lowest BCUT2D eigenvalue weighted by molar-refractivity contribution is 0.0920. The molecule has 2 rings (SSSR count). The number of carbonyl (C=O) groups excluding carboxylic acids is 1. The fraction of sp³-hybridized carbons (Fsp3) is 0.533. The number of hydrogen-bond donors (Lipinski definition) is 2. The van der Waals surface area contributed by atoms with Gasteiger partial charge in [0.15, 0.2) is 0 Å². The second-order valence-electron chi connectivity index (χ2n) is 5.73. The van der Waals surface area contributed by atoms with Crippen molar-refractivity contribution in [3.05, 3.63) is 27.1 Å². The molecule has 0 saturated carbocycles. The van der Waals surface area contributed by atoms with E-state index in [-0.39, 0.29) is 30.0 Å². The molecule has 0 aromatic carbocycles. The normalized spacial score (nSPS) is 12.8. The number of aliphatic hydroxyl groups is 1. The number of nitrogens with one attached hydrogen (secondary N) is 1. The molecule has 2 aromatic rings. The fourth-order valence-electron chi connectivity index (χ4n) is 2.37. The van der Waals surface area contributed by atoms with E-state index in [1.54, 1.807) is 14.0 Å². The maximum atomic E-state index is 12.5. The molecule has 0 aliphatic rings. The first-order chi connectivity index (χ1) is 10.4. The van der Waals surface area contributed by atoms with E-state index in [4.69, 9.17) is 5.11 Å². The Labute approximate surface area is 132 Å². The summed E-state index contributed by atoms with van der Waals surface area (Å²) in [6.07, 6.45) is 1.97. The minimum Gasteiger partial charge on any atom is -0.396 e. The molecule has 1 unspecified atom stereocenters. The van der Waals surface area contributed by atoms with Crippen molar-refractivity contribution in [2.24, 2.45) is 13.0 Å². The van der Waals surface area contributed by atoms with Crippen molar-refractivity contribution in [1.29, 1.82) is 0 Å². The zero-order chi connectivity index (χ0) is 16.4. The highest BCUT2D eigenvalue weighted by atomic mass is 32.1. The lowest BCUT2D eigenvalue weighted by atomic mass is 10.0. The van der Waals surface area contributed by atoms with Crippen LogP contribution in [0.15, 0.2) is 11.1 Å². The first kappa shape index (κ1) is 16.6. The van der Waals surface area contributed by atoms with Crippen LogP contribution in [0.2, 0.25) is 0 Å². The SMILES string of the molecule is Cc1c(C(=O)NC(CCO)C(C)C)sc2ncn(C)c(=O)c12. The van der Waals surface area contributed by atoms with Gasteiger partial charge in [-0.15, -0.1) is 11.3 Å². The molecule has 0 radical (unpaired) electrons. The van der Waals surface area contributed by atoms with E-state index in [0.717, 1.165) is 0 Å². The summed E-state index contributed by atoms with van der Waals surface area (Å²) < 4.78 is 1.41. The van der Waals surface area contributed by atoms with Gasteiger partial charge >= 0.3 is 0 Å². The van der Waals surface area contributed by atoms with Gasteiger partial charge in [0.1, 0.15) is 4.83 Å². The van der Waals surface area contributed by atoms with E-state index in [0.29, 0.717) is 27.1 Å². The van der Waals surface area contributed by atoms with Crippen molar-refractivity contribution in [2.45, 2.75) is 33.2 Å². The molecule has 0 aliphatic carbocycles. The first-order valence-electron chi connectivity index (χ1n) is 7.23. The maximum Gasteiger partial charge on any atom is 0.262 e. The van der Waals surface area contributed by atoms with E-state index >= 15 is 0 Å². The van der Waals surface area contributed by atoms with E-state index in [9.17, 15) is 9.59 Å². The van der Waals surface area contributed by atoms with Crippen LogP contribution in [-0.2, 0) is 7.05 Å². The van der Waals surface area contributed by atoms with Gasteiger partial charge in [-0.1, -0.05) is 13.8 Å². The van der Waals surface area contributed by atoms with E-state index in [1.807, 2.05) is 13.8 Å². The summed E-state index contributed by atoms with van der Waals surface area (Å²) in [6.45, 7) is 5.79. The lowest BCUT2D eigenvalue weighted by Gasteiger charge is -2.21. The van der Waals surface area contributed by atoms with E-state index in [1.165, 1.54) is 22.2 Å². The highest BCUT2D eigenvalue weighted by Gasteiger charge is 2.22. The van der Waals surface area contributed by atoms with Crippen LogP contribution in [0, 0.1) is 12.8 Å². The van der Waals surface area contributed by atoms with Gasteiger partial charge in [0.05, 0.1) is 16.6 Å². The molecule has 0 spiro atoms. The number of aliphatic hydroxyl groups excluding tert-OH is 1. The number of carbonyl (C=O) groups is 1. The van der Waals surface area contributed by atoms with E-state index in [2.05, 4.69) is 10.3 Å². The van der Waals surface area contributed by atoms with Gasteiger partial charge in [-0.2, -0.15) is 0 Å². The molecule has 2 aromatic heterocycles. The summed E-state index contributed by atoms with van der Waals surface area (Å²) in [4.78, 5) is 30.0. The minimum absolute atomic E-state index is 0.0244. The molecular weight excluding hydrogens is 302 g/mol. The van der Waals surface area contributed by atoms with Crippen molar-refractivity contribution in [3.8, 4) is 0 Å². The zero-order valence-electron chi connectivity index (χ0n) is 13.2. The Morgan fingerprint density at radius 2 is 2.18 bits per heavy atom. The summed E-state index contributed by atoms with van der Waals surface area (Å²) in [6, 6.07) is -0.0992. The predicted octanol–water partition coefficient (Wildman–Crippen LogP) is 1.44. The molecule has 2 heterocycles. The number of nitrogens with zero attached hydrogens (tertiary/aromatic N) is 2. The fourth-order valence-corrected chi connectivity index (χ4v) is 3.41. The summed E-state index contributed by atoms with van der Waals surface area (Å²) in [5.41, 5.74) is 0.520. The number of rotatable bonds is 5. The molecule has 7 heteroatoms. The van der Waals surface area contributed by atoms with Crippen LogP contribution >= 0.6 is 11.3 Å². The Morgan fingerprint density at radius 3 is 2.77 bits per heavy atom. The second kappa shape index (κ2) is 6.58. The maximum absolute atomic E-state index is 12.5. The summed E-state index contributed by atoms with van der Waals surface area (Å²) in [7, 11) is 1.64. The van der Waals surface area contributed by atoms with Gasteiger partial charge in [-0.05, 0) is 24.8 Å². The van der Waals surface area contributed by atoms with Gasteiger partial charge < -0.3 is 15.0 Å². The van der Waals surface area contributed by atoms with Crippen LogP contribution < -0.4 is 10.9 Å². The Balaban J connectivity index is 2.38. The standard InChI is InChI=1S/C15H21N3O3S/c1-8(2)10(5-6-19)17-13(20)12-9(3)11-14(22-12)16-7-18(4)15(11)21/h7-8,10,19H,5-6H2,1-4H3,(H,17,20). The average Bonchev–Trinajstić information content (AvgIpc) is 2.80. The summed E-state index contributed by atoms with van der Waals surface area (Å²) >= 11 is 1.23. The predicted molar refractivity (Wildman–Crippen MR) is 87.4 cm³/mol. The molecule has 1 amide bonds. The van der Waals surface area contributed by atoms with Crippen LogP contribution in [-0.4, -0.2) is 33.2 Å². The van der Waals surface area contributed by atoms with Gasteiger partial charge in [0.25, 0.3) is 11.5 Å². The number of fused-ring (bicyclic) bond motifs is 1. The van der Waals surface area contributed by atoms with Crippen LogP contribution in [0.4, 0.5) is 0 Å². The molecule has 1 atom stereocenters. The molecular formula is C15H21N3O3S. The quantitative estimate of drug-likeness (QED) is 0.872. The number of aryl methyl sites for hydroxylation is 2. The molecule has 0 saturated heterocycles. The van der Waals surface area contributed by atoms with Crippen LogP contribution in [0.5, 0.6) is 0 Å². The number of thiophene rings is 1. The van der Waals surface area contributed by atoms with Gasteiger partial charge in [-0.3, -0.25) is 9.59 Å². The topological polar surface area (TPSA) is 84.2 Å². The van der Waals surface area contributed by atoms with E-state index < -0.39 is 0 Å². The smallest absolute Gasteiger partial charge is 0.262 e. The third kappa shape index (κ3) is 3.05. The Kier molecular flexibility index (Phi) is 4.97. The largest absolute Gasteiger partial charge is 0.396 e. The Hall–Kier alpha value is -1.73. The molecule has 0 fully saturated rings. The molecule has 0 aliphatic heterocycles. The highest BCUT2D eigenvalue weighted by molar-refractivity contribution is 7.20. The lowest BCUT2D eigenvalue weighted by Crippen LogP contribution is -2.39. The molecule has 0 bridgehead atoms. The van der Waals surface area contributed by atoms with Crippen molar-refractivity contribution in [2.75, 3.05) is 6.61 Å². The summed E-state index contributed by atoms with van der Waals surface area (Å²) in [5, 5.41) is 12.5. The molecule has 2 N–H and O–H groups in total. The third-order valence-corrected chi connectivity index (χ3v) is 4.98. The first-order valence-corrected chi connectivity index (χ1v) is 8.05. The molecule has 6 nitrogen and oxygen atoms in total. The van der Waals surface area contributed by atoms with Gasteiger partial charge in [0, 0.05) is 19.7 Å². The van der Waals surface area contributed by atoms with Crippen LogP contribution in [0.1, 0.15) is 35.5 Å². The molecule has 22 heavy (non-hydrogen) atoms. The monoisotopic (exact) mass is 323 g/mol. The number of aromatic nitrogens is 2. The Morgan fingerprint density at radius 1 is 1.50 bits per heavy atom. The van der Waals surface area contributed by atoms with Crippen LogP contribution in [0.3, 0.4) is 0 Å². The minimum atomic E-state index is -0.213. The average molecular weight is 323 g/mol. The van der Waals surface area contributed by atoms with Gasteiger partial charge in [-0.25, -0.2) is 4.98 Å².